The molecule has 0 N–H and O–H groups in total. The molecule has 0 bridgehead atoms. The molecule has 2 aliphatic rings. The van der Waals surface area contributed by atoms with Crippen LogP contribution in [0.15, 0.2) is 0 Å². The lowest BCUT2D eigenvalue weighted by atomic mass is 9.91. The molecular weight excluding hydrogens is 146 g/mol. The Labute approximate surface area is 76.1 Å². The maximum Gasteiger partial charge on any atom is 0.0211 e. The molecule has 0 unspecified atom stereocenters. The highest BCUT2D eigenvalue weighted by Crippen LogP contribution is 2.45. The molecule has 2 saturated heterocycles. The van der Waals surface area contributed by atoms with Gasteiger partial charge in [-0.05, 0) is 45.1 Å². The van der Waals surface area contributed by atoms with Gasteiger partial charge in [0.25, 0.3) is 0 Å². The Kier molecular flexibility index (Phi) is 2.16. The summed E-state index contributed by atoms with van der Waals surface area (Å²) in [5, 5.41) is 0. The highest BCUT2D eigenvalue weighted by atomic mass is 15.3. The van der Waals surface area contributed by atoms with E-state index in [1.807, 2.05) is 0 Å². The van der Waals surface area contributed by atoms with Crippen molar-refractivity contribution in [2.24, 2.45) is 0 Å². The third-order valence-electron chi connectivity index (χ3n) is 4.16. The Morgan fingerprint density at radius 1 is 1.33 bits per heavy atom. The number of fused-ring (bicyclic) bond motifs is 1. The minimum Gasteiger partial charge on any atom is -0.295 e. The fourth-order valence-electron chi connectivity index (χ4n) is 3.37. The average Bonchev–Trinajstić information content (AvgIpc) is 2.61. The van der Waals surface area contributed by atoms with E-state index in [2.05, 4.69) is 18.7 Å². The fourth-order valence-corrected chi connectivity index (χ4v) is 3.37. The van der Waals surface area contributed by atoms with Crippen LogP contribution in [0.1, 0.15) is 52.4 Å². The average molecular weight is 167 g/mol. The van der Waals surface area contributed by atoms with Crippen molar-refractivity contribution in [1.82, 2.24) is 4.90 Å². The summed E-state index contributed by atoms with van der Waals surface area (Å²) >= 11 is 0. The lowest BCUT2D eigenvalue weighted by molar-refractivity contribution is 0.143. The molecule has 0 saturated carbocycles. The molecule has 0 aromatic rings. The Bertz CT molecular complexity index is 166. The molecular formula is C11H21N. The molecule has 2 rings (SSSR count). The second-order valence-electron chi connectivity index (χ2n) is 4.48. The second kappa shape index (κ2) is 3.02. The highest BCUT2D eigenvalue weighted by molar-refractivity contribution is 5.02. The smallest absolute Gasteiger partial charge is 0.0211 e. The van der Waals surface area contributed by atoms with E-state index in [0.29, 0.717) is 5.54 Å². The first-order chi connectivity index (χ1) is 5.82. The number of hydrogen-bond acceptors (Lipinski definition) is 1. The van der Waals surface area contributed by atoms with Crippen LogP contribution < -0.4 is 0 Å². The van der Waals surface area contributed by atoms with Crippen LogP contribution in [0, 0.1) is 0 Å². The van der Waals surface area contributed by atoms with Crippen molar-refractivity contribution < 1.29 is 0 Å². The van der Waals surface area contributed by atoms with Gasteiger partial charge in [-0.15, -0.1) is 0 Å². The van der Waals surface area contributed by atoms with Gasteiger partial charge in [0, 0.05) is 11.6 Å². The van der Waals surface area contributed by atoms with Crippen LogP contribution in [0.2, 0.25) is 0 Å². The van der Waals surface area contributed by atoms with E-state index in [-0.39, 0.29) is 0 Å². The van der Waals surface area contributed by atoms with Gasteiger partial charge in [-0.2, -0.15) is 0 Å². The van der Waals surface area contributed by atoms with E-state index >= 15 is 0 Å². The van der Waals surface area contributed by atoms with Crippen molar-refractivity contribution in [2.45, 2.75) is 64.0 Å². The monoisotopic (exact) mass is 167 g/mol. The summed E-state index contributed by atoms with van der Waals surface area (Å²) in [6.07, 6.45) is 8.60. The topological polar surface area (TPSA) is 3.24 Å². The first kappa shape index (κ1) is 8.55. The van der Waals surface area contributed by atoms with Gasteiger partial charge in [-0.25, -0.2) is 0 Å². The maximum atomic E-state index is 2.81. The minimum atomic E-state index is 0.653. The molecule has 2 heterocycles. The van der Waals surface area contributed by atoms with Crippen LogP contribution >= 0.6 is 0 Å². The minimum absolute atomic E-state index is 0.653. The maximum absolute atomic E-state index is 2.81. The fraction of sp³-hybridized carbons (Fsp3) is 1.00. The van der Waals surface area contributed by atoms with E-state index in [1.165, 1.54) is 45.1 Å². The highest BCUT2D eigenvalue weighted by Gasteiger charge is 2.46. The zero-order valence-corrected chi connectivity index (χ0v) is 8.47. The first-order valence-electron chi connectivity index (χ1n) is 5.59. The van der Waals surface area contributed by atoms with Gasteiger partial charge in [-0.3, -0.25) is 4.90 Å². The third-order valence-corrected chi connectivity index (χ3v) is 4.16. The normalized spacial score (nSPS) is 42.0. The molecule has 0 aliphatic carbocycles. The predicted molar refractivity (Wildman–Crippen MR) is 52.3 cm³/mol. The lowest BCUT2D eigenvalue weighted by Gasteiger charge is -2.34. The van der Waals surface area contributed by atoms with Gasteiger partial charge in [0.15, 0.2) is 0 Å². The van der Waals surface area contributed by atoms with Crippen LogP contribution in [-0.2, 0) is 0 Å². The van der Waals surface area contributed by atoms with E-state index < -0.39 is 0 Å². The van der Waals surface area contributed by atoms with E-state index in [4.69, 9.17) is 0 Å². The van der Waals surface area contributed by atoms with Crippen LogP contribution in [0.25, 0.3) is 0 Å². The molecule has 2 atom stereocenters. The standard InChI is InChI=1S/C11H21N/c1-3-10-6-8-11(4-2)7-5-9-12(10)11/h10H,3-9H2,1-2H3/t10-,11+/m1/s1. The van der Waals surface area contributed by atoms with Gasteiger partial charge in [0.2, 0.25) is 0 Å². The van der Waals surface area contributed by atoms with Crippen molar-refractivity contribution >= 4 is 0 Å². The number of hydrogen-bond donors (Lipinski definition) is 0. The van der Waals surface area contributed by atoms with Crippen molar-refractivity contribution in [1.29, 1.82) is 0 Å². The van der Waals surface area contributed by atoms with Crippen molar-refractivity contribution in [3.63, 3.8) is 0 Å². The second-order valence-corrected chi connectivity index (χ2v) is 4.48. The van der Waals surface area contributed by atoms with Gasteiger partial charge in [-0.1, -0.05) is 13.8 Å². The molecule has 1 heteroatoms. The SMILES string of the molecule is CC[C@@H]1CC[C@]2(CC)CCCN12. The summed E-state index contributed by atoms with van der Waals surface area (Å²) in [5.41, 5.74) is 0.653. The Morgan fingerprint density at radius 2 is 2.17 bits per heavy atom. The summed E-state index contributed by atoms with van der Waals surface area (Å²) < 4.78 is 0. The molecule has 0 amide bonds. The molecule has 1 nitrogen and oxygen atoms in total. The molecule has 0 spiro atoms. The molecule has 0 aromatic heterocycles. The molecule has 0 radical (unpaired) electrons. The summed E-state index contributed by atoms with van der Waals surface area (Å²) in [5.74, 6) is 0. The van der Waals surface area contributed by atoms with Gasteiger partial charge in [0.1, 0.15) is 0 Å². The lowest BCUT2D eigenvalue weighted by Crippen LogP contribution is -2.41. The van der Waals surface area contributed by atoms with Gasteiger partial charge in [0.05, 0.1) is 0 Å². The van der Waals surface area contributed by atoms with Crippen LogP contribution in [-0.4, -0.2) is 23.0 Å². The van der Waals surface area contributed by atoms with Crippen molar-refractivity contribution in [3.05, 3.63) is 0 Å². The van der Waals surface area contributed by atoms with Crippen LogP contribution in [0.4, 0.5) is 0 Å². The molecule has 2 fully saturated rings. The van der Waals surface area contributed by atoms with Crippen LogP contribution in [0.3, 0.4) is 0 Å². The van der Waals surface area contributed by atoms with E-state index in [0.717, 1.165) is 6.04 Å². The Balaban J connectivity index is 2.14. The predicted octanol–water partition coefficient (Wildman–Crippen LogP) is 2.80. The Morgan fingerprint density at radius 3 is 2.83 bits per heavy atom. The first-order valence-corrected chi connectivity index (χ1v) is 5.59. The van der Waals surface area contributed by atoms with Gasteiger partial charge < -0.3 is 0 Å². The summed E-state index contributed by atoms with van der Waals surface area (Å²) in [7, 11) is 0. The number of nitrogens with zero attached hydrogens (tertiary/aromatic N) is 1. The van der Waals surface area contributed by atoms with Crippen LogP contribution in [0.5, 0.6) is 0 Å². The van der Waals surface area contributed by atoms with E-state index in [1.54, 1.807) is 0 Å². The summed E-state index contributed by atoms with van der Waals surface area (Å²) in [4.78, 5) is 2.81. The summed E-state index contributed by atoms with van der Waals surface area (Å²) in [6.45, 7) is 6.09. The zero-order valence-electron chi connectivity index (χ0n) is 8.47. The molecule has 0 aromatic carbocycles. The largest absolute Gasteiger partial charge is 0.295 e. The van der Waals surface area contributed by atoms with Crippen molar-refractivity contribution in [2.75, 3.05) is 6.54 Å². The molecule has 70 valence electrons. The molecule has 2 aliphatic heterocycles. The van der Waals surface area contributed by atoms with Gasteiger partial charge >= 0.3 is 0 Å². The third kappa shape index (κ3) is 1.02. The quantitative estimate of drug-likeness (QED) is 0.611. The van der Waals surface area contributed by atoms with E-state index in [9.17, 15) is 0 Å². The summed E-state index contributed by atoms with van der Waals surface area (Å²) in [6, 6.07) is 0.924. The number of rotatable bonds is 2. The molecule has 12 heavy (non-hydrogen) atoms. The Hall–Kier alpha value is -0.0400. The van der Waals surface area contributed by atoms with Crippen molar-refractivity contribution in [3.8, 4) is 0 Å². The zero-order chi connectivity index (χ0) is 8.60.